The lowest BCUT2D eigenvalue weighted by atomic mass is 10.2. The summed E-state index contributed by atoms with van der Waals surface area (Å²) < 4.78 is 3.00. The van der Waals surface area contributed by atoms with Crippen LogP contribution in [0.15, 0.2) is 34.9 Å². The second-order valence-corrected chi connectivity index (χ2v) is 4.73. The van der Waals surface area contributed by atoms with E-state index in [1.54, 1.807) is 0 Å². The highest BCUT2D eigenvalue weighted by Gasteiger charge is 2.06. The second kappa shape index (κ2) is 5.47. The van der Waals surface area contributed by atoms with Crippen LogP contribution in [0.1, 0.15) is 18.2 Å². The molecule has 17 heavy (non-hydrogen) atoms. The third kappa shape index (κ3) is 2.76. The normalized spacial score (nSPS) is 10.8. The van der Waals surface area contributed by atoms with Crippen LogP contribution in [0.25, 0.3) is 5.69 Å². The minimum absolute atomic E-state index is 0.812. The van der Waals surface area contributed by atoms with E-state index in [-0.39, 0.29) is 0 Å². The summed E-state index contributed by atoms with van der Waals surface area (Å²) >= 11 is 3.60. The SMILES string of the molecule is CCNCc1ccn(-c2cccc(C)c2Br)n1. The number of aryl methyl sites for hydroxylation is 1. The molecule has 0 saturated carbocycles. The average molecular weight is 294 g/mol. The van der Waals surface area contributed by atoms with Gasteiger partial charge in [-0.2, -0.15) is 5.10 Å². The zero-order valence-corrected chi connectivity index (χ0v) is 11.7. The molecule has 1 aromatic heterocycles. The summed E-state index contributed by atoms with van der Waals surface area (Å²) in [5, 5.41) is 7.81. The van der Waals surface area contributed by atoms with E-state index >= 15 is 0 Å². The van der Waals surface area contributed by atoms with Crippen molar-refractivity contribution in [3.8, 4) is 5.69 Å². The predicted molar refractivity (Wildman–Crippen MR) is 73.4 cm³/mol. The monoisotopic (exact) mass is 293 g/mol. The van der Waals surface area contributed by atoms with E-state index in [2.05, 4.69) is 52.3 Å². The summed E-state index contributed by atoms with van der Waals surface area (Å²) in [5.74, 6) is 0. The first-order chi connectivity index (χ1) is 8.22. The lowest BCUT2D eigenvalue weighted by molar-refractivity contribution is 0.696. The fourth-order valence-electron chi connectivity index (χ4n) is 1.65. The van der Waals surface area contributed by atoms with Gasteiger partial charge in [-0.15, -0.1) is 0 Å². The van der Waals surface area contributed by atoms with Crippen LogP contribution in [0.5, 0.6) is 0 Å². The molecule has 3 nitrogen and oxygen atoms in total. The maximum absolute atomic E-state index is 4.54. The molecule has 0 saturated heterocycles. The number of aromatic nitrogens is 2. The smallest absolute Gasteiger partial charge is 0.0790 e. The Kier molecular flexibility index (Phi) is 3.97. The molecule has 1 N–H and O–H groups in total. The molecule has 0 spiro atoms. The number of hydrogen-bond donors (Lipinski definition) is 1. The van der Waals surface area contributed by atoms with E-state index in [0.29, 0.717) is 0 Å². The Labute approximate surface area is 110 Å². The van der Waals surface area contributed by atoms with E-state index in [0.717, 1.165) is 28.9 Å². The molecule has 2 rings (SSSR count). The minimum Gasteiger partial charge on any atom is -0.311 e. The average Bonchev–Trinajstić information content (AvgIpc) is 2.78. The standard InChI is InChI=1S/C13H16BrN3/c1-3-15-9-11-7-8-17(16-11)12-6-4-5-10(2)13(12)14/h4-8,15H,3,9H2,1-2H3. The molecule has 0 bridgehead atoms. The molecule has 0 radical (unpaired) electrons. The van der Waals surface area contributed by atoms with Crippen LogP contribution in [-0.2, 0) is 6.54 Å². The zero-order chi connectivity index (χ0) is 12.3. The number of nitrogens with zero attached hydrogens (tertiary/aromatic N) is 2. The zero-order valence-electron chi connectivity index (χ0n) is 10.1. The van der Waals surface area contributed by atoms with Crippen molar-refractivity contribution in [2.45, 2.75) is 20.4 Å². The van der Waals surface area contributed by atoms with Crippen LogP contribution in [-0.4, -0.2) is 16.3 Å². The highest BCUT2D eigenvalue weighted by molar-refractivity contribution is 9.10. The number of benzene rings is 1. The second-order valence-electron chi connectivity index (χ2n) is 3.94. The minimum atomic E-state index is 0.812. The van der Waals surface area contributed by atoms with Crippen molar-refractivity contribution in [2.75, 3.05) is 6.54 Å². The Bertz CT molecular complexity index is 505. The molecule has 0 fully saturated rings. The molecule has 0 aliphatic rings. The molecule has 0 atom stereocenters. The number of nitrogens with one attached hydrogen (secondary N) is 1. The first kappa shape index (κ1) is 12.3. The maximum atomic E-state index is 4.54. The molecule has 1 aromatic carbocycles. The lowest BCUT2D eigenvalue weighted by Crippen LogP contribution is -2.12. The van der Waals surface area contributed by atoms with Crippen LogP contribution >= 0.6 is 15.9 Å². The summed E-state index contributed by atoms with van der Waals surface area (Å²) in [6.45, 7) is 5.94. The van der Waals surface area contributed by atoms with Crippen LogP contribution in [0, 0.1) is 6.92 Å². The van der Waals surface area contributed by atoms with Crippen molar-refractivity contribution in [1.82, 2.24) is 15.1 Å². The van der Waals surface area contributed by atoms with E-state index in [1.165, 1.54) is 5.56 Å². The van der Waals surface area contributed by atoms with Crippen LogP contribution in [0.2, 0.25) is 0 Å². The largest absolute Gasteiger partial charge is 0.311 e. The summed E-state index contributed by atoms with van der Waals surface area (Å²) in [7, 11) is 0. The van der Waals surface area contributed by atoms with Gasteiger partial charge in [0.25, 0.3) is 0 Å². The van der Waals surface area contributed by atoms with Gasteiger partial charge in [0.05, 0.1) is 11.4 Å². The van der Waals surface area contributed by atoms with Crippen molar-refractivity contribution in [1.29, 1.82) is 0 Å². The highest BCUT2D eigenvalue weighted by Crippen LogP contribution is 2.24. The van der Waals surface area contributed by atoms with E-state index in [4.69, 9.17) is 0 Å². The van der Waals surface area contributed by atoms with Crippen molar-refractivity contribution in [3.63, 3.8) is 0 Å². The number of hydrogen-bond acceptors (Lipinski definition) is 2. The topological polar surface area (TPSA) is 29.9 Å². The molecule has 0 amide bonds. The van der Waals surface area contributed by atoms with Gasteiger partial charge in [-0.05, 0) is 47.1 Å². The summed E-state index contributed by atoms with van der Waals surface area (Å²) in [6, 6.07) is 8.22. The number of halogens is 1. The van der Waals surface area contributed by atoms with Gasteiger partial charge in [0.1, 0.15) is 0 Å². The summed E-state index contributed by atoms with van der Waals surface area (Å²) in [5.41, 5.74) is 3.35. The fourth-order valence-corrected chi connectivity index (χ4v) is 2.10. The predicted octanol–water partition coefficient (Wildman–Crippen LogP) is 3.05. The molecule has 1 heterocycles. The van der Waals surface area contributed by atoms with Gasteiger partial charge >= 0.3 is 0 Å². The first-order valence-corrected chi connectivity index (χ1v) is 6.52. The van der Waals surface area contributed by atoms with Crippen molar-refractivity contribution in [2.24, 2.45) is 0 Å². The van der Waals surface area contributed by atoms with E-state index < -0.39 is 0 Å². The van der Waals surface area contributed by atoms with Crippen molar-refractivity contribution < 1.29 is 0 Å². The Morgan fingerprint density at radius 2 is 2.18 bits per heavy atom. The fraction of sp³-hybridized carbons (Fsp3) is 0.308. The van der Waals surface area contributed by atoms with Crippen LogP contribution in [0.4, 0.5) is 0 Å². The van der Waals surface area contributed by atoms with Gasteiger partial charge in [-0.1, -0.05) is 19.1 Å². The van der Waals surface area contributed by atoms with Crippen molar-refractivity contribution in [3.05, 3.63) is 46.2 Å². The van der Waals surface area contributed by atoms with Crippen molar-refractivity contribution >= 4 is 15.9 Å². The molecular formula is C13H16BrN3. The molecule has 2 aromatic rings. The van der Waals surface area contributed by atoms with E-state index in [1.807, 2.05) is 23.0 Å². The van der Waals surface area contributed by atoms with E-state index in [9.17, 15) is 0 Å². The molecular weight excluding hydrogens is 278 g/mol. The number of rotatable bonds is 4. The Balaban J connectivity index is 2.27. The molecule has 90 valence electrons. The van der Waals surface area contributed by atoms with Gasteiger partial charge in [0.2, 0.25) is 0 Å². The molecule has 0 aliphatic heterocycles. The third-order valence-corrected chi connectivity index (χ3v) is 3.65. The molecule has 0 unspecified atom stereocenters. The first-order valence-electron chi connectivity index (χ1n) is 5.73. The van der Waals surface area contributed by atoms with Gasteiger partial charge in [-0.3, -0.25) is 0 Å². The van der Waals surface area contributed by atoms with Crippen LogP contribution < -0.4 is 5.32 Å². The Morgan fingerprint density at radius 1 is 1.35 bits per heavy atom. The summed E-state index contributed by atoms with van der Waals surface area (Å²) in [4.78, 5) is 0. The highest BCUT2D eigenvalue weighted by atomic mass is 79.9. The quantitative estimate of drug-likeness (QED) is 0.939. The molecule has 4 heteroatoms. The van der Waals surface area contributed by atoms with Gasteiger partial charge < -0.3 is 5.32 Å². The summed E-state index contributed by atoms with van der Waals surface area (Å²) in [6.07, 6.45) is 1.99. The van der Waals surface area contributed by atoms with Crippen LogP contribution in [0.3, 0.4) is 0 Å². The maximum Gasteiger partial charge on any atom is 0.0790 e. The van der Waals surface area contributed by atoms with Gasteiger partial charge in [0, 0.05) is 17.2 Å². The Morgan fingerprint density at radius 3 is 2.94 bits per heavy atom. The van der Waals surface area contributed by atoms with Gasteiger partial charge in [-0.25, -0.2) is 4.68 Å². The molecule has 0 aliphatic carbocycles. The third-order valence-electron chi connectivity index (χ3n) is 2.62. The van der Waals surface area contributed by atoms with Gasteiger partial charge in [0.15, 0.2) is 0 Å². The Hall–Kier alpha value is -1.13. The lowest BCUT2D eigenvalue weighted by Gasteiger charge is -2.06.